The SMILES string of the molecule is CNCC(CCOCCCOC)Cc1ccccc1C. The average Bonchev–Trinajstić information content (AvgIpc) is 2.45. The van der Waals surface area contributed by atoms with Crippen molar-refractivity contribution in [3.05, 3.63) is 35.4 Å². The molecule has 0 radical (unpaired) electrons. The van der Waals surface area contributed by atoms with Gasteiger partial charge in [0.25, 0.3) is 0 Å². The molecule has 114 valence electrons. The Labute approximate surface area is 123 Å². The van der Waals surface area contributed by atoms with Crippen molar-refractivity contribution in [3.8, 4) is 0 Å². The van der Waals surface area contributed by atoms with Gasteiger partial charge in [-0.2, -0.15) is 0 Å². The molecule has 0 aliphatic heterocycles. The first-order valence-electron chi connectivity index (χ1n) is 7.53. The average molecular weight is 279 g/mol. The quantitative estimate of drug-likeness (QED) is 0.632. The first kappa shape index (κ1) is 17.2. The summed E-state index contributed by atoms with van der Waals surface area (Å²) in [6, 6.07) is 8.65. The molecule has 0 saturated heterocycles. The fourth-order valence-electron chi connectivity index (χ4n) is 2.37. The second kappa shape index (κ2) is 10.8. The Balaban J connectivity index is 2.31. The molecule has 0 fully saturated rings. The molecule has 1 N–H and O–H groups in total. The first-order chi connectivity index (χ1) is 9.77. The zero-order valence-corrected chi connectivity index (χ0v) is 13.2. The third-order valence-corrected chi connectivity index (χ3v) is 3.57. The van der Waals surface area contributed by atoms with Gasteiger partial charge in [-0.05, 0) is 56.8 Å². The van der Waals surface area contributed by atoms with E-state index < -0.39 is 0 Å². The van der Waals surface area contributed by atoms with Gasteiger partial charge in [0, 0.05) is 26.9 Å². The van der Waals surface area contributed by atoms with Crippen molar-refractivity contribution in [2.45, 2.75) is 26.2 Å². The third-order valence-electron chi connectivity index (χ3n) is 3.57. The molecule has 1 rings (SSSR count). The van der Waals surface area contributed by atoms with Gasteiger partial charge >= 0.3 is 0 Å². The van der Waals surface area contributed by atoms with Crippen molar-refractivity contribution in [3.63, 3.8) is 0 Å². The molecule has 1 aromatic rings. The van der Waals surface area contributed by atoms with Crippen LogP contribution in [-0.2, 0) is 15.9 Å². The third kappa shape index (κ3) is 7.04. The van der Waals surface area contributed by atoms with Crippen LogP contribution in [0.5, 0.6) is 0 Å². The molecule has 1 unspecified atom stereocenters. The highest BCUT2D eigenvalue weighted by molar-refractivity contribution is 5.25. The van der Waals surface area contributed by atoms with Gasteiger partial charge in [-0.1, -0.05) is 24.3 Å². The molecule has 20 heavy (non-hydrogen) atoms. The van der Waals surface area contributed by atoms with E-state index in [2.05, 4.69) is 36.5 Å². The summed E-state index contributed by atoms with van der Waals surface area (Å²) >= 11 is 0. The van der Waals surface area contributed by atoms with Gasteiger partial charge in [0.2, 0.25) is 0 Å². The first-order valence-corrected chi connectivity index (χ1v) is 7.53. The molecule has 0 bridgehead atoms. The van der Waals surface area contributed by atoms with E-state index in [-0.39, 0.29) is 0 Å². The summed E-state index contributed by atoms with van der Waals surface area (Å²) in [6.45, 7) is 5.64. The fourth-order valence-corrected chi connectivity index (χ4v) is 2.37. The maximum Gasteiger partial charge on any atom is 0.0487 e. The highest BCUT2D eigenvalue weighted by Crippen LogP contribution is 2.15. The molecule has 0 aromatic heterocycles. The molecule has 0 spiro atoms. The Morgan fingerprint density at radius 2 is 1.95 bits per heavy atom. The van der Waals surface area contributed by atoms with Gasteiger partial charge < -0.3 is 14.8 Å². The molecule has 1 atom stereocenters. The minimum Gasteiger partial charge on any atom is -0.385 e. The maximum absolute atomic E-state index is 5.67. The molecule has 0 aliphatic carbocycles. The van der Waals surface area contributed by atoms with E-state index >= 15 is 0 Å². The number of rotatable bonds is 11. The lowest BCUT2D eigenvalue weighted by molar-refractivity contribution is 0.0937. The summed E-state index contributed by atoms with van der Waals surface area (Å²) in [5.74, 6) is 0.628. The zero-order valence-electron chi connectivity index (χ0n) is 13.2. The van der Waals surface area contributed by atoms with Gasteiger partial charge in [-0.3, -0.25) is 0 Å². The number of hydrogen-bond acceptors (Lipinski definition) is 3. The second-order valence-electron chi connectivity index (χ2n) is 5.30. The van der Waals surface area contributed by atoms with E-state index in [4.69, 9.17) is 9.47 Å². The largest absolute Gasteiger partial charge is 0.385 e. The number of hydrogen-bond donors (Lipinski definition) is 1. The van der Waals surface area contributed by atoms with Crippen molar-refractivity contribution in [1.82, 2.24) is 5.32 Å². The van der Waals surface area contributed by atoms with Crippen molar-refractivity contribution < 1.29 is 9.47 Å². The number of nitrogens with one attached hydrogen (secondary N) is 1. The smallest absolute Gasteiger partial charge is 0.0487 e. The summed E-state index contributed by atoms with van der Waals surface area (Å²) in [7, 11) is 3.75. The monoisotopic (exact) mass is 279 g/mol. The van der Waals surface area contributed by atoms with Crippen LogP contribution in [-0.4, -0.2) is 40.5 Å². The van der Waals surface area contributed by atoms with Gasteiger partial charge in [0.05, 0.1) is 0 Å². The number of methoxy groups -OCH3 is 1. The molecule has 0 aliphatic rings. The summed E-state index contributed by atoms with van der Waals surface area (Å²) in [5, 5.41) is 3.29. The Morgan fingerprint density at radius 3 is 2.65 bits per heavy atom. The van der Waals surface area contributed by atoms with Crippen LogP contribution in [0, 0.1) is 12.8 Å². The Bertz CT molecular complexity index is 355. The molecule has 1 aromatic carbocycles. The van der Waals surface area contributed by atoms with E-state index in [0.717, 1.165) is 45.6 Å². The van der Waals surface area contributed by atoms with Gasteiger partial charge in [-0.25, -0.2) is 0 Å². The van der Waals surface area contributed by atoms with Gasteiger partial charge in [0.15, 0.2) is 0 Å². The van der Waals surface area contributed by atoms with Crippen molar-refractivity contribution in [2.75, 3.05) is 40.5 Å². The molecule has 0 saturated carbocycles. The lowest BCUT2D eigenvalue weighted by Crippen LogP contribution is -2.22. The maximum atomic E-state index is 5.67. The summed E-state index contributed by atoms with van der Waals surface area (Å²) in [6.07, 6.45) is 3.20. The van der Waals surface area contributed by atoms with Gasteiger partial charge in [-0.15, -0.1) is 0 Å². The second-order valence-corrected chi connectivity index (χ2v) is 5.30. The van der Waals surface area contributed by atoms with Crippen LogP contribution in [0.4, 0.5) is 0 Å². The van der Waals surface area contributed by atoms with Crippen LogP contribution in [0.25, 0.3) is 0 Å². The Hall–Kier alpha value is -0.900. The van der Waals surface area contributed by atoms with E-state index in [9.17, 15) is 0 Å². The summed E-state index contributed by atoms with van der Waals surface area (Å²) < 4.78 is 10.7. The molecular weight excluding hydrogens is 250 g/mol. The molecule has 3 heteroatoms. The predicted octanol–water partition coefficient (Wildman–Crippen LogP) is 2.82. The Kier molecular flexibility index (Phi) is 9.29. The lowest BCUT2D eigenvalue weighted by atomic mass is 9.94. The van der Waals surface area contributed by atoms with Crippen LogP contribution in [0.1, 0.15) is 24.0 Å². The molecule has 0 heterocycles. The highest BCUT2D eigenvalue weighted by Gasteiger charge is 2.10. The Morgan fingerprint density at radius 1 is 1.15 bits per heavy atom. The number of aryl methyl sites for hydroxylation is 1. The van der Waals surface area contributed by atoms with Crippen molar-refractivity contribution in [1.29, 1.82) is 0 Å². The van der Waals surface area contributed by atoms with Crippen LogP contribution in [0.2, 0.25) is 0 Å². The standard InChI is InChI=1S/C17H29NO2/c1-15-7-4-5-8-17(15)13-16(14-18-2)9-12-20-11-6-10-19-3/h4-5,7-8,16,18H,6,9-14H2,1-3H3. The van der Waals surface area contributed by atoms with Crippen molar-refractivity contribution >= 4 is 0 Å². The topological polar surface area (TPSA) is 30.5 Å². The van der Waals surface area contributed by atoms with Crippen LogP contribution in [0.3, 0.4) is 0 Å². The molecule has 0 amide bonds. The van der Waals surface area contributed by atoms with E-state index in [1.165, 1.54) is 11.1 Å². The lowest BCUT2D eigenvalue weighted by Gasteiger charge is -2.18. The van der Waals surface area contributed by atoms with Crippen LogP contribution >= 0.6 is 0 Å². The number of ether oxygens (including phenoxy) is 2. The number of benzene rings is 1. The highest BCUT2D eigenvalue weighted by atomic mass is 16.5. The summed E-state index contributed by atoms with van der Waals surface area (Å²) in [5.41, 5.74) is 2.83. The minimum absolute atomic E-state index is 0.628. The molecule has 3 nitrogen and oxygen atoms in total. The van der Waals surface area contributed by atoms with Crippen LogP contribution < -0.4 is 5.32 Å². The van der Waals surface area contributed by atoms with Crippen LogP contribution in [0.15, 0.2) is 24.3 Å². The van der Waals surface area contributed by atoms with E-state index in [1.807, 2.05) is 7.05 Å². The zero-order chi connectivity index (χ0) is 14.6. The van der Waals surface area contributed by atoms with E-state index in [1.54, 1.807) is 7.11 Å². The minimum atomic E-state index is 0.628. The van der Waals surface area contributed by atoms with Gasteiger partial charge in [0.1, 0.15) is 0 Å². The normalized spacial score (nSPS) is 12.6. The summed E-state index contributed by atoms with van der Waals surface area (Å²) in [4.78, 5) is 0. The molecular formula is C17H29NO2. The van der Waals surface area contributed by atoms with E-state index in [0.29, 0.717) is 5.92 Å². The predicted molar refractivity (Wildman–Crippen MR) is 84.2 cm³/mol. The fraction of sp³-hybridized carbons (Fsp3) is 0.647. The van der Waals surface area contributed by atoms with Crippen molar-refractivity contribution in [2.24, 2.45) is 5.92 Å².